The van der Waals surface area contributed by atoms with Gasteiger partial charge >= 0.3 is 5.97 Å². The van der Waals surface area contributed by atoms with Crippen molar-refractivity contribution < 1.29 is 18.7 Å². The summed E-state index contributed by atoms with van der Waals surface area (Å²) in [6.07, 6.45) is 3.30. The lowest BCUT2D eigenvalue weighted by Gasteiger charge is -2.19. The minimum Gasteiger partial charge on any atom is -0.465 e. The minimum atomic E-state index is -0.374. The number of nitrogens with one attached hydrogen (secondary N) is 1. The fourth-order valence-electron chi connectivity index (χ4n) is 3.17. The second kappa shape index (κ2) is 7.52. The van der Waals surface area contributed by atoms with Crippen molar-refractivity contribution in [3.63, 3.8) is 0 Å². The van der Waals surface area contributed by atoms with E-state index in [1.165, 1.54) is 19.2 Å². The predicted octanol–water partition coefficient (Wildman–Crippen LogP) is 3.80. The van der Waals surface area contributed by atoms with Crippen LogP contribution in [0.15, 0.2) is 42.0 Å². The molecule has 0 saturated carbocycles. The average Bonchev–Trinajstić information content (AvgIpc) is 2.66. The first-order chi connectivity index (χ1) is 12.5. The number of fused-ring (bicyclic) bond motifs is 1. The molecule has 1 aliphatic carbocycles. The lowest BCUT2D eigenvalue weighted by Crippen LogP contribution is -2.15. The van der Waals surface area contributed by atoms with Gasteiger partial charge in [-0.05, 0) is 65.4 Å². The Kier molecular flexibility index (Phi) is 5.16. The molecule has 0 saturated heterocycles. The maximum absolute atomic E-state index is 13.8. The zero-order valence-electron chi connectivity index (χ0n) is 14.8. The summed E-state index contributed by atoms with van der Waals surface area (Å²) in [5.74, 6) is -0.635. The molecule has 0 bridgehead atoms. The summed E-state index contributed by atoms with van der Waals surface area (Å²) >= 11 is 0. The van der Waals surface area contributed by atoms with E-state index in [1.54, 1.807) is 25.3 Å². The normalized spacial score (nSPS) is 13.0. The zero-order valence-corrected chi connectivity index (χ0v) is 14.8. The highest BCUT2D eigenvalue weighted by molar-refractivity contribution is 6.04. The van der Waals surface area contributed by atoms with Crippen LogP contribution in [0.3, 0.4) is 0 Å². The molecule has 2 aromatic carbocycles. The number of ketones is 1. The molecule has 4 nitrogen and oxygen atoms in total. The highest BCUT2D eigenvalue weighted by Gasteiger charge is 2.21. The van der Waals surface area contributed by atoms with Gasteiger partial charge in [0, 0.05) is 19.2 Å². The molecule has 0 aliphatic heterocycles. The van der Waals surface area contributed by atoms with Crippen LogP contribution in [-0.2, 0) is 22.4 Å². The quantitative estimate of drug-likeness (QED) is 0.831. The number of carbonyl (C=O) groups is 2. The Bertz CT molecular complexity index is 885. The maximum atomic E-state index is 13.8. The van der Waals surface area contributed by atoms with Gasteiger partial charge in [0.05, 0.1) is 12.7 Å². The molecule has 134 valence electrons. The molecule has 0 unspecified atom stereocenters. The van der Waals surface area contributed by atoms with Gasteiger partial charge in [-0.25, -0.2) is 9.18 Å². The van der Waals surface area contributed by atoms with E-state index >= 15 is 0 Å². The van der Waals surface area contributed by atoms with E-state index < -0.39 is 0 Å². The molecule has 0 fully saturated rings. The van der Waals surface area contributed by atoms with E-state index in [1.807, 2.05) is 12.1 Å². The van der Waals surface area contributed by atoms with Crippen LogP contribution < -0.4 is 5.32 Å². The van der Waals surface area contributed by atoms with Gasteiger partial charge in [-0.1, -0.05) is 12.1 Å². The Morgan fingerprint density at radius 1 is 1.19 bits per heavy atom. The molecule has 0 amide bonds. The lowest BCUT2D eigenvalue weighted by molar-refractivity contribution is -0.115. The summed E-state index contributed by atoms with van der Waals surface area (Å²) in [5, 5.41) is 2.95. The fourth-order valence-corrected chi connectivity index (χ4v) is 3.17. The molecule has 1 N–H and O–H groups in total. The third kappa shape index (κ3) is 3.67. The molecule has 5 heteroatoms. The number of Topliss-reactive ketones (excluding diaryl/α,β-unsaturated/α-hetero) is 1. The first-order valence-electron chi connectivity index (χ1n) is 8.43. The molecule has 0 atom stereocenters. The Balaban J connectivity index is 1.77. The molecular weight excluding hydrogens is 333 g/mol. The summed E-state index contributed by atoms with van der Waals surface area (Å²) in [6, 6.07) is 10.0. The van der Waals surface area contributed by atoms with Crippen molar-refractivity contribution in [1.29, 1.82) is 0 Å². The molecule has 0 heterocycles. The van der Waals surface area contributed by atoms with Crippen molar-refractivity contribution in [3.05, 3.63) is 70.0 Å². The van der Waals surface area contributed by atoms with Crippen LogP contribution in [-0.4, -0.2) is 25.9 Å². The fraction of sp³-hybridized carbons (Fsp3) is 0.238. The number of hydrogen-bond donors (Lipinski definition) is 1. The summed E-state index contributed by atoms with van der Waals surface area (Å²) in [7, 11) is 3.06. The molecule has 0 spiro atoms. The van der Waals surface area contributed by atoms with E-state index in [4.69, 9.17) is 0 Å². The van der Waals surface area contributed by atoms with Crippen molar-refractivity contribution in [1.82, 2.24) is 0 Å². The Morgan fingerprint density at radius 2 is 1.92 bits per heavy atom. The van der Waals surface area contributed by atoms with Gasteiger partial charge in [-0.2, -0.15) is 0 Å². The number of methoxy groups -OCH3 is 1. The van der Waals surface area contributed by atoms with Crippen LogP contribution in [0.2, 0.25) is 0 Å². The molecule has 0 radical (unpaired) electrons. The Labute approximate surface area is 151 Å². The van der Waals surface area contributed by atoms with Gasteiger partial charge in [0.15, 0.2) is 5.78 Å². The SMILES string of the molecule is CNc1cc(F)cc2c1CC(=O)C(CCc1ccc(C(=O)OC)cc1)=C2. The van der Waals surface area contributed by atoms with Crippen LogP contribution in [0.4, 0.5) is 10.1 Å². The number of esters is 1. The van der Waals surface area contributed by atoms with Crippen LogP contribution in [0.25, 0.3) is 6.08 Å². The Morgan fingerprint density at radius 3 is 2.58 bits per heavy atom. The largest absolute Gasteiger partial charge is 0.465 e. The highest BCUT2D eigenvalue weighted by Crippen LogP contribution is 2.30. The second-order valence-corrected chi connectivity index (χ2v) is 6.23. The van der Waals surface area contributed by atoms with Gasteiger partial charge in [0.1, 0.15) is 5.82 Å². The van der Waals surface area contributed by atoms with Crippen LogP contribution in [0.5, 0.6) is 0 Å². The van der Waals surface area contributed by atoms with Gasteiger partial charge in [0.2, 0.25) is 0 Å². The topological polar surface area (TPSA) is 55.4 Å². The monoisotopic (exact) mass is 353 g/mol. The number of aryl methyl sites for hydroxylation is 1. The second-order valence-electron chi connectivity index (χ2n) is 6.23. The van der Waals surface area contributed by atoms with Crippen LogP contribution in [0, 0.1) is 5.82 Å². The standard InChI is InChI=1S/C21H20FNO3/c1-23-19-11-17(22)10-16-9-15(20(24)12-18(16)19)8-5-13-3-6-14(7-4-13)21(25)26-2/h3-4,6-7,9-11,23H,5,8,12H2,1-2H3. The van der Waals surface area contributed by atoms with Gasteiger partial charge in [-0.3, -0.25) is 4.79 Å². The van der Waals surface area contributed by atoms with Crippen molar-refractivity contribution in [2.24, 2.45) is 0 Å². The van der Waals surface area contributed by atoms with E-state index in [-0.39, 0.29) is 24.0 Å². The van der Waals surface area contributed by atoms with Crippen molar-refractivity contribution >= 4 is 23.5 Å². The highest BCUT2D eigenvalue weighted by atomic mass is 19.1. The van der Waals surface area contributed by atoms with E-state index in [0.29, 0.717) is 29.7 Å². The van der Waals surface area contributed by atoms with Crippen LogP contribution in [0.1, 0.15) is 33.5 Å². The van der Waals surface area contributed by atoms with Crippen molar-refractivity contribution in [3.8, 4) is 0 Å². The number of benzene rings is 2. The molecule has 1 aliphatic rings. The summed E-state index contributed by atoms with van der Waals surface area (Å²) in [5.41, 5.74) is 4.46. The average molecular weight is 353 g/mol. The first kappa shape index (κ1) is 17.9. The zero-order chi connectivity index (χ0) is 18.7. The number of ether oxygens (including phenoxy) is 1. The third-order valence-corrected chi connectivity index (χ3v) is 4.60. The first-order valence-corrected chi connectivity index (χ1v) is 8.43. The third-order valence-electron chi connectivity index (χ3n) is 4.60. The number of anilines is 1. The predicted molar refractivity (Wildman–Crippen MR) is 98.7 cm³/mol. The molecule has 0 aromatic heterocycles. The van der Waals surface area contributed by atoms with Gasteiger partial charge in [0.25, 0.3) is 0 Å². The molecular formula is C21H20FNO3. The number of allylic oxidation sites excluding steroid dienone is 1. The molecule has 3 rings (SSSR count). The van der Waals surface area contributed by atoms with Crippen molar-refractivity contribution in [2.45, 2.75) is 19.3 Å². The Hall–Kier alpha value is -2.95. The van der Waals surface area contributed by atoms with E-state index in [2.05, 4.69) is 10.1 Å². The number of halogens is 1. The summed E-state index contributed by atoms with van der Waals surface area (Å²) in [6.45, 7) is 0. The van der Waals surface area contributed by atoms with Crippen LogP contribution >= 0.6 is 0 Å². The van der Waals surface area contributed by atoms with E-state index in [0.717, 1.165) is 16.7 Å². The lowest BCUT2D eigenvalue weighted by atomic mass is 9.87. The number of carbonyl (C=O) groups excluding carboxylic acids is 2. The summed E-state index contributed by atoms with van der Waals surface area (Å²) < 4.78 is 18.4. The molecule has 2 aromatic rings. The van der Waals surface area contributed by atoms with Crippen molar-refractivity contribution in [2.75, 3.05) is 19.5 Å². The number of rotatable bonds is 5. The summed E-state index contributed by atoms with van der Waals surface area (Å²) in [4.78, 5) is 23.9. The van der Waals surface area contributed by atoms with Gasteiger partial charge < -0.3 is 10.1 Å². The van der Waals surface area contributed by atoms with E-state index in [9.17, 15) is 14.0 Å². The smallest absolute Gasteiger partial charge is 0.337 e. The minimum absolute atomic E-state index is 0.0618. The van der Waals surface area contributed by atoms with Gasteiger partial charge in [-0.15, -0.1) is 0 Å². The maximum Gasteiger partial charge on any atom is 0.337 e. The molecule has 26 heavy (non-hydrogen) atoms. The number of hydrogen-bond acceptors (Lipinski definition) is 4.